The first-order valence-electron chi connectivity index (χ1n) is 12.2. The summed E-state index contributed by atoms with van der Waals surface area (Å²) in [7, 11) is -3.61. The zero-order valence-electron chi connectivity index (χ0n) is 21.0. The Bertz CT molecular complexity index is 1410. The molecule has 38 heavy (non-hydrogen) atoms. The van der Waals surface area contributed by atoms with Gasteiger partial charge < -0.3 is 14.8 Å². The highest BCUT2D eigenvalue weighted by Gasteiger charge is 2.28. The number of benzene rings is 2. The molecule has 2 heterocycles. The highest BCUT2D eigenvalue weighted by atomic mass is 32.2. The van der Waals surface area contributed by atoms with Crippen molar-refractivity contribution in [3.63, 3.8) is 0 Å². The molecular formula is C27H28N2O7S2. The van der Waals surface area contributed by atoms with Crippen LogP contribution in [0.1, 0.15) is 47.4 Å². The summed E-state index contributed by atoms with van der Waals surface area (Å²) in [6.45, 7) is 4.24. The molecule has 4 rings (SSSR count). The molecule has 200 valence electrons. The van der Waals surface area contributed by atoms with Gasteiger partial charge in [-0.2, -0.15) is 4.31 Å². The number of nitrogens with zero attached hydrogens (tertiary/aromatic N) is 1. The third-order valence-electron chi connectivity index (χ3n) is 5.97. The van der Waals surface area contributed by atoms with Crippen LogP contribution < -0.4 is 5.32 Å². The molecule has 2 aromatic carbocycles. The second-order valence-electron chi connectivity index (χ2n) is 8.61. The van der Waals surface area contributed by atoms with Crippen LogP contribution in [0, 0.1) is 0 Å². The predicted molar refractivity (Wildman–Crippen MR) is 144 cm³/mol. The van der Waals surface area contributed by atoms with Gasteiger partial charge in [0, 0.05) is 18.0 Å². The fourth-order valence-electron chi connectivity index (χ4n) is 3.93. The number of sulfonamides is 1. The lowest BCUT2D eigenvalue weighted by molar-refractivity contribution is -0.123. The van der Waals surface area contributed by atoms with E-state index >= 15 is 0 Å². The first-order chi connectivity index (χ1) is 18.2. The minimum Gasteiger partial charge on any atom is -0.462 e. The number of hydrogen-bond donors (Lipinski definition) is 1. The number of esters is 2. The van der Waals surface area contributed by atoms with E-state index in [1.165, 1.54) is 46.8 Å². The molecule has 11 heteroatoms. The van der Waals surface area contributed by atoms with E-state index in [1.54, 1.807) is 13.0 Å². The molecule has 0 radical (unpaired) electrons. The van der Waals surface area contributed by atoms with E-state index in [0.717, 1.165) is 23.3 Å². The second-order valence-corrected chi connectivity index (χ2v) is 11.6. The van der Waals surface area contributed by atoms with Gasteiger partial charge in [-0.3, -0.25) is 4.79 Å². The normalized spacial score (nSPS) is 14.6. The number of rotatable bonds is 9. The smallest absolute Gasteiger partial charge is 0.341 e. The quantitative estimate of drug-likeness (QED) is 0.384. The molecule has 1 aliphatic rings. The Kier molecular flexibility index (Phi) is 8.60. The van der Waals surface area contributed by atoms with E-state index in [-0.39, 0.29) is 27.6 Å². The van der Waals surface area contributed by atoms with Crippen molar-refractivity contribution < 1.29 is 32.3 Å². The Morgan fingerprint density at radius 2 is 1.66 bits per heavy atom. The van der Waals surface area contributed by atoms with Gasteiger partial charge in [-0.1, -0.05) is 30.3 Å². The van der Waals surface area contributed by atoms with Crippen LogP contribution in [0.2, 0.25) is 0 Å². The fraction of sp³-hybridized carbons (Fsp3) is 0.296. The number of carbonyl (C=O) groups is 3. The molecule has 0 bridgehead atoms. The lowest BCUT2D eigenvalue weighted by Gasteiger charge is -2.16. The highest BCUT2D eigenvalue weighted by molar-refractivity contribution is 7.89. The van der Waals surface area contributed by atoms with E-state index < -0.39 is 34.0 Å². The Hall–Kier alpha value is -3.54. The van der Waals surface area contributed by atoms with Crippen molar-refractivity contribution in [3.8, 4) is 10.4 Å². The average molecular weight is 557 g/mol. The Labute approximate surface area is 225 Å². The van der Waals surface area contributed by atoms with Crippen molar-refractivity contribution in [2.45, 2.75) is 37.7 Å². The van der Waals surface area contributed by atoms with Crippen molar-refractivity contribution >= 4 is 44.2 Å². The summed E-state index contributed by atoms with van der Waals surface area (Å²) in [5.74, 6) is -1.98. The van der Waals surface area contributed by atoms with Gasteiger partial charge in [-0.15, -0.1) is 11.3 Å². The van der Waals surface area contributed by atoms with Crippen LogP contribution in [0.3, 0.4) is 0 Å². The summed E-state index contributed by atoms with van der Waals surface area (Å²) >= 11 is 1.21. The summed E-state index contributed by atoms with van der Waals surface area (Å²) < 4.78 is 37.2. The maximum absolute atomic E-state index is 12.9. The standard InChI is InChI=1S/C27H28N2O7S2/c1-3-35-27(32)22-17-23(19-9-5-4-6-10-19)37-25(22)28-24(30)18(2)36-26(31)20-11-13-21(14-12-20)38(33,34)29-15-7-8-16-29/h4-6,9-14,17-18H,3,7-8,15-16H2,1-2H3,(H,28,30). The number of hydrogen-bond acceptors (Lipinski definition) is 8. The molecule has 1 atom stereocenters. The molecule has 0 saturated carbocycles. The van der Waals surface area contributed by atoms with E-state index in [1.807, 2.05) is 30.3 Å². The molecule has 0 aliphatic carbocycles. The van der Waals surface area contributed by atoms with Gasteiger partial charge in [0.15, 0.2) is 6.10 Å². The maximum Gasteiger partial charge on any atom is 0.341 e. The van der Waals surface area contributed by atoms with Crippen LogP contribution in [0.4, 0.5) is 5.00 Å². The molecule has 1 fully saturated rings. The van der Waals surface area contributed by atoms with Crippen molar-refractivity contribution in [1.82, 2.24) is 4.31 Å². The van der Waals surface area contributed by atoms with Crippen molar-refractivity contribution in [2.75, 3.05) is 25.0 Å². The number of carbonyl (C=O) groups excluding carboxylic acids is 3. The summed E-state index contributed by atoms with van der Waals surface area (Å²) in [6, 6.07) is 16.5. The highest BCUT2D eigenvalue weighted by Crippen LogP contribution is 2.36. The molecule has 0 spiro atoms. The molecule has 3 aromatic rings. The van der Waals surface area contributed by atoms with Crippen molar-refractivity contribution in [3.05, 3.63) is 71.8 Å². The predicted octanol–water partition coefficient (Wildman–Crippen LogP) is 4.56. The molecular weight excluding hydrogens is 528 g/mol. The van der Waals surface area contributed by atoms with Gasteiger partial charge in [0.2, 0.25) is 10.0 Å². The largest absolute Gasteiger partial charge is 0.462 e. The summed E-state index contributed by atoms with van der Waals surface area (Å²) in [6.07, 6.45) is 0.459. The fourth-order valence-corrected chi connectivity index (χ4v) is 6.50. The maximum atomic E-state index is 12.9. The molecule has 9 nitrogen and oxygen atoms in total. The van der Waals surface area contributed by atoms with E-state index in [2.05, 4.69) is 5.32 Å². The number of ether oxygens (including phenoxy) is 2. The first kappa shape index (κ1) is 27.5. The van der Waals surface area contributed by atoms with Gasteiger partial charge in [0.1, 0.15) is 5.00 Å². The molecule has 1 amide bonds. The first-order valence-corrected chi connectivity index (χ1v) is 14.4. The van der Waals surface area contributed by atoms with Crippen LogP contribution in [-0.4, -0.2) is 56.4 Å². The monoisotopic (exact) mass is 556 g/mol. The van der Waals surface area contributed by atoms with Crippen molar-refractivity contribution in [2.24, 2.45) is 0 Å². The number of nitrogens with one attached hydrogen (secondary N) is 1. The summed E-state index contributed by atoms with van der Waals surface area (Å²) in [4.78, 5) is 38.9. The molecule has 1 aliphatic heterocycles. The van der Waals surface area contributed by atoms with Gasteiger partial charge in [0.25, 0.3) is 5.91 Å². The lowest BCUT2D eigenvalue weighted by atomic mass is 10.1. The zero-order valence-corrected chi connectivity index (χ0v) is 22.6. The third kappa shape index (κ3) is 6.12. The summed E-state index contributed by atoms with van der Waals surface area (Å²) in [5.41, 5.74) is 1.19. The minimum atomic E-state index is -3.61. The Morgan fingerprint density at radius 3 is 2.29 bits per heavy atom. The van der Waals surface area contributed by atoms with Gasteiger partial charge >= 0.3 is 11.9 Å². The van der Waals surface area contributed by atoms with Gasteiger partial charge in [-0.05, 0) is 62.6 Å². The lowest BCUT2D eigenvalue weighted by Crippen LogP contribution is -2.30. The van der Waals surface area contributed by atoms with Gasteiger partial charge in [0.05, 0.1) is 22.6 Å². The zero-order chi connectivity index (χ0) is 27.3. The number of amides is 1. The topological polar surface area (TPSA) is 119 Å². The summed E-state index contributed by atoms with van der Waals surface area (Å²) in [5, 5.41) is 2.96. The third-order valence-corrected chi connectivity index (χ3v) is 8.98. The molecule has 1 N–H and O–H groups in total. The number of thiophene rings is 1. The van der Waals surface area contributed by atoms with E-state index in [9.17, 15) is 22.8 Å². The van der Waals surface area contributed by atoms with Crippen LogP contribution in [-0.2, 0) is 24.3 Å². The minimum absolute atomic E-state index is 0.0974. The van der Waals surface area contributed by atoms with Crippen molar-refractivity contribution in [1.29, 1.82) is 0 Å². The Balaban J connectivity index is 1.44. The van der Waals surface area contributed by atoms with Crippen LogP contribution in [0.5, 0.6) is 0 Å². The number of anilines is 1. The van der Waals surface area contributed by atoms with Gasteiger partial charge in [-0.25, -0.2) is 18.0 Å². The van der Waals surface area contributed by atoms with Crippen LogP contribution >= 0.6 is 11.3 Å². The molecule has 1 saturated heterocycles. The van der Waals surface area contributed by atoms with Crippen LogP contribution in [0.15, 0.2) is 65.6 Å². The molecule has 1 unspecified atom stereocenters. The SMILES string of the molecule is CCOC(=O)c1cc(-c2ccccc2)sc1NC(=O)C(C)OC(=O)c1ccc(S(=O)(=O)N2CCCC2)cc1. The average Bonchev–Trinajstić information content (AvgIpc) is 3.61. The second kappa shape index (κ2) is 11.9. The molecule has 1 aromatic heterocycles. The Morgan fingerprint density at radius 1 is 1.00 bits per heavy atom. The van der Waals surface area contributed by atoms with Crippen LogP contribution in [0.25, 0.3) is 10.4 Å². The van der Waals surface area contributed by atoms with E-state index in [0.29, 0.717) is 13.1 Å². The van der Waals surface area contributed by atoms with E-state index in [4.69, 9.17) is 9.47 Å².